The fourth-order valence-corrected chi connectivity index (χ4v) is 2.04. The largest absolute Gasteiger partial charge is 0.361 e. The zero-order valence-corrected chi connectivity index (χ0v) is 10.9. The summed E-state index contributed by atoms with van der Waals surface area (Å²) < 4.78 is 4.98. The number of rotatable bonds is 2. The third-order valence-corrected chi connectivity index (χ3v) is 2.89. The number of nitrogens with zero attached hydrogens (tertiary/aromatic N) is 1. The SMILES string of the molecule is Cc1noc(C)c1C(=O)N[C@@H]1CCCNC1.Cl. The summed E-state index contributed by atoms with van der Waals surface area (Å²) in [7, 11) is 0. The van der Waals surface area contributed by atoms with E-state index >= 15 is 0 Å². The van der Waals surface area contributed by atoms with Crippen molar-refractivity contribution in [3.63, 3.8) is 0 Å². The summed E-state index contributed by atoms with van der Waals surface area (Å²) in [5.41, 5.74) is 1.23. The summed E-state index contributed by atoms with van der Waals surface area (Å²) in [6, 6.07) is 0.218. The summed E-state index contributed by atoms with van der Waals surface area (Å²) in [5.74, 6) is 0.503. The van der Waals surface area contributed by atoms with Crippen LogP contribution >= 0.6 is 12.4 Å². The molecule has 0 unspecified atom stereocenters. The molecular weight excluding hydrogens is 242 g/mol. The Balaban J connectivity index is 0.00000144. The maximum Gasteiger partial charge on any atom is 0.257 e. The van der Waals surface area contributed by atoms with E-state index in [-0.39, 0.29) is 24.4 Å². The van der Waals surface area contributed by atoms with Crippen LogP contribution in [-0.2, 0) is 0 Å². The van der Waals surface area contributed by atoms with Crippen LogP contribution in [0, 0.1) is 13.8 Å². The van der Waals surface area contributed by atoms with Crippen molar-refractivity contribution in [3.8, 4) is 0 Å². The van der Waals surface area contributed by atoms with E-state index in [1.54, 1.807) is 13.8 Å². The van der Waals surface area contributed by atoms with Crippen LogP contribution in [0.2, 0.25) is 0 Å². The van der Waals surface area contributed by atoms with Crippen LogP contribution in [0.1, 0.15) is 34.7 Å². The van der Waals surface area contributed by atoms with E-state index in [1.165, 1.54) is 0 Å². The van der Waals surface area contributed by atoms with E-state index in [0.29, 0.717) is 17.0 Å². The van der Waals surface area contributed by atoms with Crippen molar-refractivity contribution >= 4 is 18.3 Å². The normalized spacial score (nSPS) is 19.5. The van der Waals surface area contributed by atoms with Crippen LogP contribution in [0.3, 0.4) is 0 Å². The molecule has 1 aliphatic heterocycles. The molecule has 1 atom stereocenters. The Morgan fingerprint density at radius 2 is 2.29 bits per heavy atom. The Morgan fingerprint density at radius 3 is 2.82 bits per heavy atom. The lowest BCUT2D eigenvalue weighted by molar-refractivity contribution is 0.0928. The lowest BCUT2D eigenvalue weighted by atomic mass is 10.1. The lowest BCUT2D eigenvalue weighted by Crippen LogP contribution is -2.45. The highest BCUT2D eigenvalue weighted by molar-refractivity contribution is 5.96. The van der Waals surface area contributed by atoms with Crippen molar-refractivity contribution in [2.24, 2.45) is 0 Å². The molecule has 6 heteroatoms. The zero-order chi connectivity index (χ0) is 11.5. The molecule has 0 saturated carbocycles. The second-order valence-electron chi connectivity index (χ2n) is 4.22. The standard InChI is InChI=1S/C11H17N3O2.ClH/c1-7-10(8(2)16-14-7)11(15)13-9-4-3-5-12-6-9;/h9,12H,3-6H2,1-2H3,(H,13,15);1H/t9-;/m1./s1. The molecule has 2 heterocycles. The first-order chi connectivity index (χ1) is 7.68. The van der Waals surface area contributed by atoms with E-state index in [0.717, 1.165) is 25.9 Å². The number of amides is 1. The summed E-state index contributed by atoms with van der Waals surface area (Å²) >= 11 is 0. The Hall–Kier alpha value is -1.07. The number of carbonyl (C=O) groups excluding carboxylic acids is 1. The molecule has 1 saturated heterocycles. The molecule has 96 valence electrons. The Morgan fingerprint density at radius 1 is 1.53 bits per heavy atom. The smallest absolute Gasteiger partial charge is 0.257 e. The van der Waals surface area contributed by atoms with E-state index in [9.17, 15) is 4.79 Å². The predicted molar refractivity (Wildman–Crippen MR) is 66.6 cm³/mol. The fourth-order valence-electron chi connectivity index (χ4n) is 2.04. The molecule has 0 spiro atoms. The third-order valence-electron chi connectivity index (χ3n) is 2.89. The number of hydrogen-bond donors (Lipinski definition) is 2. The van der Waals surface area contributed by atoms with Crippen molar-refractivity contribution in [2.45, 2.75) is 32.7 Å². The first-order valence-corrected chi connectivity index (χ1v) is 5.63. The van der Waals surface area contributed by atoms with Crippen LogP contribution in [0.4, 0.5) is 0 Å². The van der Waals surface area contributed by atoms with Gasteiger partial charge in [0.2, 0.25) is 0 Å². The van der Waals surface area contributed by atoms with E-state index in [1.807, 2.05) is 0 Å². The van der Waals surface area contributed by atoms with Gasteiger partial charge < -0.3 is 15.2 Å². The summed E-state index contributed by atoms with van der Waals surface area (Å²) in [4.78, 5) is 12.0. The van der Waals surface area contributed by atoms with Gasteiger partial charge in [-0.05, 0) is 33.2 Å². The van der Waals surface area contributed by atoms with E-state index < -0.39 is 0 Å². The maximum absolute atomic E-state index is 12.0. The minimum absolute atomic E-state index is 0. The van der Waals surface area contributed by atoms with Crippen LogP contribution in [0.25, 0.3) is 0 Å². The molecular formula is C11H18ClN3O2. The van der Waals surface area contributed by atoms with Crippen LogP contribution in [0.5, 0.6) is 0 Å². The minimum Gasteiger partial charge on any atom is -0.361 e. The van der Waals surface area contributed by atoms with Gasteiger partial charge in [-0.15, -0.1) is 12.4 Å². The van der Waals surface area contributed by atoms with Crippen molar-refractivity contribution in [2.75, 3.05) is 13.1 Å². The zero-order valence-electron chi connectivity index (χ0n) is 10.1. The molecule has 1 aromatic rings. The second kappa shape index (κ2) is 6.02. The van der Waals surface area contributed by atoms with Gasteiger partial charge in [0.1, 0.15) is 11.3 Å². The molecule has 0 aliphatic carbocycles. The number of carbonyl (C=O) groups is 1. The van der Waals surface area contributed by atoms with Gasteiger partial charge in [-0.3, -0.25) is 4.79 Å². The maximum atomic E-state index is 12.0. The van der Waals surface area contributed by atoms with Crippen LogP contribution in [-0.4, -0.2) is 30.2 Å². The van der Waals surface area contributed by atoms with Crippen LogP contribution < -0.4 is 10.6 Å². The van der Waals surface area contributed by atoms with Gasteiger partial charge in [0.05, 0.1) is 5.69 Å². The van der Waals surface area contributed by atoms with E-state index in [4.69, 9.17) is 4.52 Å². The molecule has 0 bridgehead atoms. The van der Waals surface area contributed by atoms with Crippen molar-refractivity contribution < 1.29 is 9.32 Å². The van der Waals surface area contributed by atoms with Crippen molar-refractivity contribution in [3.05, 3.63) is 17.0 Å². The molecule has 1 aromatic heterocycles. The lowest BCUT2D eigenvalue weighted by Gasteiger charge is -2.23. The Kier molecular flexibility index (Phi) is 4.96. The van der Waals surface area contributed by atoms with Crippen LogP contribution in [0.15, 0.2) is 4.52 Å². The molecule has 1 amide bonds. The molecule has 0 aromatic carbocycles. The molecule has 2 N–H and O–H groups in total. The number of hydrogen-bond acceptors (Lipinski definition) is 4. The molecule has 0 radical (unpaired) electrons. The summed E-state index contributed by atoms with van der Waals surface area (Å²) in [5, 5.41) is 10.0. The third kappa shape index (κ3) is 3.20. The fraction of sp³-hybridized carbons (Fsp3) is 0.636. The molecule has 1 fully saturated rings. The number of nitrogens with one attached hydrogen (secondary N) is 2. The van der Waals surface area contributed by atoms with E-state index in [2.05, 4.69) is 15.8 Å². The van der Waals surface area contributed by atoms with Gasteiger partial charge in [-0.2, -0.15) is 0 Å². The average molecular weight is 260 g/mol. The summed E-state index contributed by atoms with van der Waals surface area (Å²) in [6.45, 7) is 5.42. The highest BCUT2D eigenvalue weighted by Gasteiger charge is 2.21. The minimum atomic E-state index is -0.0787. The Labute approximate surface area is 107 Å². The van der Waals surface area contributed by atoms with Crippen molar-refractivity contribution in [1.82, 2.24) is 15.8 Å². The predicted octanol–water partition coefficient (Wildman–Crippen LogP) is 1.20. The highest BCUT2D eigenvalue weighted by Crippen LogP contribution is 2.12. The van der Waals surface area contributed by atoms with Crippen molar-refractivity contribution in [1.29, 1.82) is 0 Å². The average Bonchev–Trinajstić information content (AvgIpc) is 2.60. The first kappa shape index (κ1) is 14.0. The molecule has 1 aliphatic rings. The number of aryl methyl sites for hydroxylation is 2. The Bertz CT molecular complexity index is 367. The van der Waals surface area contributed by atoms with Gasteiger partial charge in [0, 0.05) is 12.6 Å². The van der Waals surface area contributed by atoms with Gasteiger partial charge in [0.15, 0.2) is 0 Å². The summed E-state index contributed by atoms with van der Waals surface area (Å²) in [6.07, 6.45) is 2.13. The molecule has 2 rings (SSSR count). The quantitative estimate of drug-likeness (QED) is 0.837. The topological polar surface area (TPSA) is 67.2 Å². The molecule has 5 nitrogen and oxygen atoms in total. The highest BCUT2D eigenvalue weighted by atomic mass is 35.5. The molecule has 17 heavy (non-hydrogen) atoms. The monoisotopic (exact) mass is 259 g/mol. The van der Waals surface area contributed by atoms with Gasteiger partial charge in [0.25, 0.3) is 5.91 Å². The van der Waals surface area contributed by atoms with Gasteiger partial charge >= 0.3 is 0 Å². The number of aromatic nitrogens is 1. The second-order valence-corrected chi connectivity index (χ2v) is 4.22. The number of halogens is 1. The number of piperidine rings is 1. The first-order valence-electron chi connectivity index (χ1n) is 5.63. The van der Waals surface area contributed by atoms with Gasteiger partial charge in [-0.25, -0.2) is 0 Å². The van der Waals surface area contributed by atoms with Gasteiger partial charge in [-0.1, -0.05) is 5.16 Å².